The van der Waals surface area contributed by atoms with Gasteiger partial charge in [0.2, 0.25) is 11.8 Å². The van der Waals surface area contributed by atoms with Gasteiger partial charge in [0.25, 0.3) is 5.91 Å². The summed E-state index contributed by atoms with van der Waals surface area (Å²) >= 11 is 0. The number of hydrogen-bond donors (Lipinski definition) is 2. The Bertz CT molecular complexity index is 822. The minimum Gasteiger partial charge on any atom is -0.358 e. The first-order valence-corrected chi connectivity index (χ1v) is 8.97. The van der Waals surface area contributed by atoms with E-state index in [0.29, 0.717) is 0 Å². The molecule has 1 aliphatic carbocycles. The van der Waals surface area contributed by atoms with E-state index in [1.165, 1.54) is 30.1 Å². The minimum atomic E-state index is -1.20. The number of carbonyl (C=O) groups excluding carboxylic acids is 4. The van der Waals surface area contributed by atoms with Gasteiger partial charge < -0.3 is 15.5 Å². The summed E-state index contributed by atoms with van der Waals surface area (Å²) in [5.41, 5.74) is 2.00. The molecule has 1 aliphatic heterocycles. The third kappa shape index (κ3) is 3.39. The zero-order valence-electron chi connectivity index (χ0n) is 15.8. The van der Waals surface area contributed by atoms with E-state index in [2.05, 4.69) is 10.6 Å². The highest BCUT2D eigenvalue weighted by Gasteiger charge is 2.49. The van der Waals surface area contributed by atoms with E-state index < -0.39 is 29.9 Å². The number of amides is 5. The maximum Gasteiger partial charge on any atom is 0.325 e. The maximum absolute atomic E-state index is 13.0. The molecule has 8 heteroatoms. The van der Waals surface area contributed by atoms with Crippen molar-refractivity contribution < 1.29 is 19.2 Å². The van der Waals surface area contributed by atoms with Crippen molar-refractivity contribution in [1.29, 1.82) is 0 Å². The number of nitrogens with zero attached hydrogens (tertiary/aromatic N) is 2. The Morgan fingerprint density at radius 3 is 2.67 bits per heavy atom. The predicted octanol–water partition coefficient (Wildman–Crippen LogP) is 0.147. The highest BCUT2D eigenvalue weighted by Crippen LogP contribution is 2.32. The maximum atomic E-state index is 13.0. The molecule has 1 aromatic rings. The standard InChI is InChI=1S/C19H24N4O4/c1-19(14-8-7-12-5-4-6-13(12)9-14)17(26)23(18(27)21-19)11-16(25)22(3)10-15(24)20-2/h7-9H,4-6,10-11H2,1-3H3,(H,20,24)(H,21,27)/t19-/m1/s1. The van der Waals surface area contributed by atoms with Gasteiger partial charge in [0.1, 0.15) is 12.1 Å². The summed E-state index contributed by atoms with van der Waals surface area (Å²) in [6, 6.07) is 5.24. The molecule has 3 rings (SSSR count). The fourth-order valence-corrected chi connectivity index (χ4v) is 3.56. The summed E-state index contributed by atoms with van der Waals surface area (Å²) in [5.74, 6) is -1.28. The molecule has 5 amide bonds. The largest absolute Gasteiger partial charge is 0.358 e. The fraction of sp³-hybridized carbons (Fsp3) is 0.474. The molecule has 27 heavy (non-hydrogen) atoms. The van der Waals surface area contributed by atoms with E-state index in [4.69, 9.17) is 0 Å². The fourth-order valence-electron chi connectivity index (χ4n) is 3.56. The molecule has 0 aromatic heterocycles. The van der Waals surface area contributed by atoms with Gasteiger partial charge in [-0.25, -0.2) is 4.79 Å². The second kappa shape index (κ2) is 7.02. The molecule has 1 atom stereocenters. The summed E-state index contributed by atoms with van der Waals surface area (Å²) in [4.78, 5) is 51.2. The minimum absolute atomic E-state index is 0.138. The van der Waals surface area contributed by atoms with Crippen molar-refractivity contribution in [2.75, 3.05) is 27.2 Å². The number of urea groups is 1. The molecule has 1 fully saturated rings. The topological polar surface area (TPSA) is 98.8 Å². The van der Waals surface area contributed by atoms with Gasteiger partial charge >= 0.3 is 6.03 Å². The summed E-state index contributed by atoms with van der Waals surface area (Å²) < 4.78 is 0. The molecule has 2 N–H and O–H groups in total. The molecule has 2 aliphatic rings. The monoisotopic (exact) mass is 372 g/mol. The van der Waals surface area contributed by atoms with Crippen molar-refractivity contribution >= 4 is 23.8 Å². The predicted molar refractivity (Wildman–Crippen MR) is 97.8 cm³/mol. The first-order chi connectivity index (χ1) is 12.8. The van der Waals surface area contributed by atoms with Crippen LogP contribution in [0.25, 0.3) is 0 Å². The van der Waals surface area contributed by atoms with E-state index in [1.807, 2.05) is 18.2 Å². The lowest BCUT2D eigenvalue weighted by atomic mass is 9.89. The molecule has 0 saturated carbocycles. The number of benzene rings is 1. The highest BCUT2D eigenvalue weighted by molar-refractivity contribution is 6.09. The lowest BCUT2D eigenvalue weighted by Crippen LogP contribution is -2.45. The van der Waals surface area contributed by atoms with E-state index >= 15 is 0 Å². The third-order valence-corrected chi connectivity index (χ3v) is 5.33. The van der Waals surface area contributed by atoms with Crippen molar-refractivity contribution in [3.8, 4) is 0 Å². The first-order valence-electron chi connectivity index (χ1n) is 8.97. The molecule has 144 valence electrons. The van der Waals surface area contributed by atoms with Crippen LogP contribution in [0, 0.1) is 0 Å². The Morgan fingerprint density at radius 2 is 1.96 bits per heavy atom. The van der Waals surface area contributed by atoms with E-state index in [0.717, 1.165) is 29.7 Å². The van der Waals surface area contributed by atoms with Gasteiger partial charge in [-0.15, -0.1) is 0 Å². The summed E-state index contributed by atoms with van der Waals surface area (Å²) in [6.45, 7) is 1.11. The molecule has 0 unspecified atom stereocenters. The molecule has 1 heterocycles. The number of likely N-dealkylation sites (N-methyl/N-ethyl adjacent to an activating group) is 2. The second-order valence-electron chi connectivity index (χ2n) is 7.21. The van der Waals surface area contributed by atoms with Crippen molar-refractivity contribution in [3.05, 3.63) is 34.9 Å². The quantitative estimate of drug-likeness (QED) is 0.719. The van der Waals surface area contributed by atoms with Crippen LogP contribution < -0.4 is 10.6 Å². The number of carbonyl (C=O) groups is 4. The summed E-state index contributed by atoms with van der Waals surface area (Å²) in [7, 11) is 2.93. The number of rotatable bonds is 5. The SMILES string of the molecule is CNC(=O)CN(C)C(=O)CN1C(=O)N[C@](C)(c2ccc3c(c2)CCC3)C1=O. The van der Waals surface area contributed by atoms with E-state index in [-0.39, 0.29) is 12.5 Å². The Balaban J connectivity index is 1.76. The second-order valence-corrected chi connectivity index (χ2v) is 7.21. The van der Waals surface area contributed by atoms with Crippen LogP contribution in [-0.4, -0.2) is 60.7 Å². The number of imide groups is 1. The van der Waals surface area contributed by atoms with Crippen LogP contribution in [0.3, 0.4) is 0 Å². The van der Waals surface area contributed by atoms with Crippen molar-refractivity contribution in [2.45, 2.75) is 31.7 Å². The number of fused-ring (bicyclic) bond motifs is 1. The average molecular weight is 372 g/mol. The van der Waals surface area contributed by atoms with Crippen LogP contribution in [0.5, 0.6) is 0 Å². The lowest BCUT2D eigenvalue weighted by Gasteiger charge is -2.23. The van der Waals surface area contributed by atoms with Gasteiger partial charge in [-0.05, 0) is 42.9 Å². The molecular formula is C19H24N4O4. The average Bonchev–Trinajstić information content (AvgIpc) is 3.19. The number of aryl methyl sites for hydroxylation is 2. The molecule has 8 nitrogen and oxygen atoms in total. The van der Waals surface area contributed by atoms with Gasteiger partial charge in [-0.2, -0.15) is 0 Å². The van der Waals surface area contributed by atoms with Crippen molar-refractivity contribution in [1.82, 2.24) is 20.4 Å². The van der Waals surface area contributed by atoms with Crippen LogP contribution in [0.1, 0.15) is 30.0 Å². The summed E-state index contributed by atoms with van der Waals surface area (Å²) in [5, 5.41) is 5.15. The van der Waals surface area contributed by atoms with Gasteiger partial charge in [-0.3, -0.25) is 19.3 Å². The zero-order chi connectivity index (χ0) is 19.8. The van der Waals surface area contributed by atoms with Crippen LogP contribution in [-0.2, 0) is 32.8 Å². The molecule has 0 radical (unpaired) electrons. The van der Waals surface area contributed by atoms with Crippen LogP contribution in [0.4, 0.5) is 4.79 Å². The molecule has 0 bridgehead atoms. The summed E-state index contributed by atoms with van der Waals surface area (Å²) in [6.07, 6.45) is 3.09. The van der Waals surface area contributed by atoms with Crippen molar-refractivity contribution in [3.63, 3.8) is 0 Å². The van der Waals surface area contributed by atoms with Crippen LogP contribution in [0.15, 0.2) is 18.2 Å². The van der Waals surface area contributed by atoms with Gasteiger partial charge in [0.15, 0.2) is 0 Å². The Labute approximate surface area is 157 Å². The highest BCUT2D eigenvalue weighted by atomic mass is 16.2. The lowest BCUT2D eigenvalue weighted by molar-refractivity contribution is -0.139. The zero-order valence-corrected chi connectivity index (χ0v) is 15.8. The van der Waals surface area contributed by atoms with Crippen LogP contribution in [0.2, 0.25) is 0 Å². The first kappa shape index (κ1) is 18.9. The van der Waals surface area contributed by atoms with Crippen molar-refractivity contribution in [2.24, 2.45) is 0 Å². The van der Waals surface area contributed by atoms with Gasteiger partial charge in [0, 0.05) is 14.1 Å². The van der Waals surface area contributed by atoms with E-state index in [9.17, 15) is 19.2 Å². The third-order valence-electron chi connectivity index (χ3n) is 5.33. The van der Waals surface area contributed by atoms with Crippen LogP contribution >= 0.6 is 0 Å². The Hall–Kier alpha value is -2.90. The molecular weight excluding hydrogens is 348 g/mol. The van der Waals surface area contributed by atoms with Gasteiger partial charge in [0.05, 0.1) is 6.54 Å². The molecule has 1 aromatic carbocycles. The Kier molecular flexibility index (Phi) is 4.91. The Morgan fingerprint density at radius 1 is 1.26 bits per heavy atom. The molecule has 1 saturated heterocycles. The number of nitrogens with one attached hydrogen (secondary N) is 2. The van der Waals surface area contributed by atoms with Gasteiger partial charge in [-0.1, -0.05) is 18.2 Å². The smallest absolute Gasteiger partial charge is 0.325 e. The molecule has 0 spiro atoms. The normalized spacial score (nSPS) is 21.1. The number of hydrogen-bond acceptors (Lipinski definition) is 4. The van der Waals surface area contributed by atoms with E-state index in [1.54, 1.807) is 6.92 Å².